The molecule has 0 amide bonds. The average molecular weight is 477 g/mol. The van der Waals surface area contributed by atoms with E-state index in [4.69, 9.17) is 0 Å². The highest BCUT2D eigenvalue weighted by atomic mass is 15.4. The standard InChI is InChI=1S/C32H64N2/c1-4-7-10-13-16-18-21-24-27-32-33(28-25-22-19-15-12-9-6-3)30-31-34(32)29-26-23-20-17-14-11-8-5-2/h30-32H,4-29H2,1-3H3. The molecule has 0 aromatic rings. The molecule has 0 N–H and O–H groups in total. The van der Waals surface area contributed by atoms with Gasteiger partial charge in [-0.15, -0.1) is 0 Å². The van der Waals surface area contributed by atoms with E-state index in [1.807, 2.05) is 0 Å². The monoisotopic (exact) mass is 477 g/mol. The van der Waals surface area contributed by atoms with Crippen LogP contribution in [0.4, 0.5) is 0 Å². The van der Waals surface area contributed by atoms with Crippen molar-refractivity contribution in [3.63, 3.8) is 0 Å². The fourth-order valence-electron chi connectivity index (χ4n) is 5.48. The van der Waals surface area contributed by atoms with Gasteiger partial charge in [-0.1, -0.05) is 149 Å². The summed E-state index contributed by atoms with van der Waals surface area (Å²) in [5.74, 6) is 0. The first-order chi connectivity index (χ1) is 16.8. The van der Waals surface area contributed by atoms with Crippen LogP contribution in [-0.4, -0.2) is 29.1 Å². The second kappa shape index (κ2) is 24.1. The van der Waals surface area contributed by atoms with Crippen molar-refractivity contribution < 1.29 is 0 Å². The van der Waals surface area contributed by atoms with Gasteiger partial charge >= 0.3 is 0 Å². The molecule has 0 spiro atoms. The Kier molecular flexibility index (Phi) is 22.2. The van der Waals surface area contributed by atoms with Crippen LogP contribution in [0.3, 0.4) is 0 Å². The molecule has 0 aliphatic carbocycles. The smallest absolute Gasteiger partial charge is 0.101 e. The highest BCUT2D eigenvalue weighted by molar-refractivity contribution is 4.97. The third-order valence-corrected chi connectivity index (χ3v) is 7.82. The lowest BCUT2D eigenvalue weighted by Crippen LogP contribution is -2.39. The van der Waals surface area contributed by atoms with Crippen LogP contribution in [0.25, 0.3) is 0 Å². The Morgan fingerprint density at radius 2 is 0.676 bits per heavy atom. The Bertz CT molecular complexity index is 433. The van der Waals surface area contributed by atoms with E-state index in [9.17, 15) is 0 Å². The number of hydrogen-bond donors (Lipinski definition) is 0. The first-order valence-corrected chi connectivity index (χ1v) is 16.0. The van der Waals surface area contributed by atoms with Crippen molar-refractivity contribution in [2.75, 3.05) is 13.1 Å². The third-order valence-electron chi connectivity index (χ3n) is 7.82. The molecule has 2 nitrogen and oxygen atoms in total. The molecule has 0 bridgehead atoms. The molecule has 0 saturated heterocycles. The summed E-state index contributed by atoms with van der Waals surface area (Å²) in [6.07, 6.45) is 39.5. The minimum Gasteiger partial charge on any atom is -0.356 e. The summed E-state index contributed by atoms with van der Waals surface area (Å²) in [5.41, 5.74) is 0. The molecule has 1 rings (SSSR count). The van der Waals surface area contributed by atoms with Crippen molar-refractivity contribution in [2.45, 2.75) is 181 Å². The number of nitrogens with zero attached hydrogens (tertiary/aromatic N) is 2. The summed E-state index contributed by atoms with van der Waals surface area (Å²) in [4.78, 5) is 5.39. The SMILES string of the molecule is CCCCCCCCCCC1N(CCCCCCCCC)C=CN1CCCCCCCCCC. The molecule has 34 heavy (non-hydrogen) atoms. The lowest BCUT2D eigenvalue weighted by molar-refractivity contribution is 0.135. The van der Waals surface area contributed by atoms with Crippen molar-refractivity contribution in [1.29, 1.82) is 0 Å². The Labute approximate surface area is 216 Å². The zero-order valence-electron chi connectivity index (χ0n) is 24.0. The van der Waals surface area contributed by atoms with E-state index in [1.54, 1.807) is 0 Å². The van der Waals surface area contributed by atoms with Crippen molar-refractivity contribution in [3.8, 4) is 0 Å². The van der Waals surface area contributed by atoms with Gasteiger partial charge in [0.25, 0.3) is 0 Å². The highest BCUT2D eigenvalue weighted by Gasteiger charge is 2.24. The summed E-state index contributed by atoms with van der Waals surface area (Å²) in [5, 5.41) is 0. The molecule has 0 aromatic carbocycles. The fraction of sp³-hybridized carbons (Fsp3) is 0.938. The summed E-state index contributed by atoms with van der Waals surface area (Å²) < 4.78 is 0. The molecule has 2 heteroatoms. The summed E-state index contributed by atoms with van der Waals surface area (Å²) in [7, 11) is 0. The van der Waals surface area contributed by atoms with Gasteiger partial charge in [0, 0.05) is 25.5 Å². The molecule has 0 radical (unpaired) electrons. The second-order valence-electron chi connectivity index (χ2n) is 11.1. The van der Waals surface area contributed by atoms with Crippen molar-refractivity contribution in [1.82, 2.24) is 9.80 Å². The van der Waals surface area contributed by atoms with E-state index in [2.05, 4.69) is 43.0 Å². The van der Waals surface area contributed by atoms with E-state index in [0.29, 0.717) is 6.17 Å². The zero-order valence-corrected chi connectivity index (χ0v) is 24.0. The summed E-state index contributed by atoms with van der Waals surface area (Å²) in [6.45, 7) is 9.46. The maximum absolute atomic E-state index is 2.69. The van der Waals surface area contributed by atoms with Crippen LogP contribution in [0, 0.1) is 0 Å². The van der Waals surface area contributed by atoms with Crippen molar-refractivity contribution in [3.05, 3.63) is 12.4 Å². The van der Waals surface area contributed by atoms with Gasteiger partial charge < -0.3 is 9.80 Å². The molecule has 0 saturated carbocycles. The van der Waals surface area contributed by atoms with Gasteiger partial charge in [-0.25, -0.2) is 0 Å². The Hall–Kier alpha value is -0.660. The molecule has 1 atom stereocenters. The van der Waals surface area contributed by atoms with Crippen molar-refractivity contribution in [2.24, 2.45) is 0 Å². The summed E-state index contributed by atoms with van der Waals surface area (Å²) in [6, 6.07) is 0. The van der Waals surface area contributed by atoms with Gasteiger partial charge in [-0.2, -0.15) is 0 Å². The van der Waals surface area contributed by atoms with Crippen LogP contribution in [0.5, 0.6) is 0 Å². The number of hydrogen-bond acceptors (Lipinski definition) is 2. The molecule has 1 heterocycles. The van der Waals surface area contributed by atoms with Gasteiger partial charge in [0.2, 0.25) is 0 Å². The molecular weight excluding hydrogens is 412 g/mol. The van der Waals surface area contributed by atoms with Gasteiger partial charge in [0.1, 0.15) is 6.17 Å². The van der Waals surface area contributed by atoms with E-state index in [1.165, 1.54) is 167 Å². The Balaban J connectivity index is 2.28. The van der Waals surface area contributed by atoms with Crippen LogP contribution < -0.4 is 0 Å². The molecule has 1 aliphatic heterocycles. The normalized spacial score (nSPS) is 15.7. The maximum Gasteiger partial charge on any atom is 0.101 e. The third kappa shape index (κ3) is 16.9. The minimum atomic E-state index is 0.643. The Morgan fingerprint density at radius 3 is 1.03 bits per heavy atom. The predicted molar refractivity (Wildman–Crippen MR) is 154 cm³/mol. The van der Waals surface area contributed by atoms with Crippen LogP contribution in [-0.2, 0) is 0 Å². The van der Waals surface area contributed by atoms with Gasteiger partial charge in [-0.3, -0.25) is 0 Å². The topological polar surface area (TPSA) is 6.48 Å². The fourth-order valence-corrected chi connectivity index (χ4v) is 5.48. The molecule has 0 aromatic heterocycles. The van der Waals surface area contributed by atoms with Crippen LogP contribution in [0.2, 0.25) is 0 Å². The Morgan fingerprint density at radius 1 is 0.382 bits per heavy atom. The highest BCUT2D eigenvalue weighted by Crippen LogP contribution is 2.24. The molecule has 1 aliphatic rings. The van der Waals surface area contributed by atoms with Crippen LogP contribution >= 0.6 is 0 Å². The van der Waals surface area contributed by atoms with E-state index in [-0.39, 0.29) is 0 Å². The molecule has 202 valence electrons. The van der Waals surface area contributed by atoms with Crippen LogP contribution in [0.1, 0.15) is 175 Å². The van der Waals surface area contributed by atoms with Crippen LogP contribution in [0.15, 0.2) is 12.4 Å². The lowest BCUT2D eigenvalue weighted by Gasteiger charge is -2.33. The first kappa shape index (κ1) is 31.4. The number of unbranched alkanes of at least 4 members (excludes halogenated alkanes) is 20. The van der Waals surface area contributed by atoms with Gasteiger partial charge in [0.05, 0.1) is 0 Å². The maximum atomic E-state index is 2.69. The van der Waals surface area contributed by atoms with E-state index in [0.717, 1.165) is 0 Å². The predicted octanol–water partition coefficient (Wildman–Crippen LogP) is 10.8. The number of rotatable bonds is 26. The van der Waals surface area contributed by atoms with E-state index < -0.39 is 0 Å². The second-order valence-corrected chi connectivity index (χ2v) is 11.1. The largest absolute Gasteiger partial charge is 0.356 e. The molecule has 0 fully saturated rings. The molecular formula is C32H64N2. The summed E-state index contributed by atoms with van der Waals surface area (Å²) >= 11 is 0. The minimum absolute atomic E-state index is 0.643. The quantitative estimate of drug-likeness (QED) is 0.114. The van der Waals surface area contributed by atoms with Gasteiger partial charge in [0.15, 0.2) is 0 Å². The van der Waals surface area contributed by atoms with E-state index >= 15 is 0 Å². The molecule has 1 unspecified atom stereocenters. The lowest BCUT2D eigenvalue weighted by atomic mass is 10.1. The van der Waals surface area contributed by atoms with Crippen molar-refractivity contribution >= 4 is 0 Å². The average Bonchev–Trinajstić information content (AvgIpc) is 3.23. The zero-order chi connectivity index (χ0) is 24.5. The first-order valence-electron chi connectivity index (χ1n) is 16.0. The van der Waals surface area contributed by atoms with Gasteiger partial charge in [-0.05, 0) is 25.7 Å².